The maximum absolute atomic E-state index is 12.9. The zero-order chi connectivity index (χ0) is 17.1. The first-order valence-electron chi connectivity index (χ1n) is 7.52. The first-order chi connectivity index (χ1) is 11.3. The van der Waals surface area contributed by atoms with Crippen molar-refractivity contribution in [1.29, 1.82) is 0 Å². The summed E-state index contributed by atoms with van der Waals surface area (Å²) in [6.07, 6.45) is 0.427. The molecule has 1 atom stereocenters. The van der Waals surface area contributed by atoms with Crippen molar-refractivity contribution in [2.75, 3.05) is 13.1 Å². The van der Waals surface area contributed by atoms with Crippen molar-refractivity contribution in [2.45, 2.75) is 24.7 Å². The number of imide groups is 1. The molecular formula is C15H15N3O4S2. The molecule has 0 bridgehead atoms. The summed E-state index contributed by atoms with van der Waals surface area (Å²) < 4.78 is 27.9. The smallest absolute Gasteiger partial charge is 0.243 e. The normalized spacial score (nSPS) is 25.0. The summed E-state index contributed by atoms with van der Waals surface area (Å²) in [4.78, 5) is 28.0. The van der Waals surface area contributed by atoms with Gasteiger partial charge in [0.1, 0.15) is 0 Å². The molecular weight excluding hydrogens is 350 g/mol. The highest BCUT2D eigenvalue weighted by atomic mass is 32.2. The van der Waals surface area contributed by atoms with Gasteiger partial charge in [0.2, 0.25) is 21.8 Å². The van der Waals surface area contributed by atoms with E-state index in [9.17, 15) is 18.0 Å². The first-order valence-corrected chi connectivity index (χ1v) is 9.78. The number of aryl methyl sites for hydroxylation is 1. The number of carbonyl (C=O) groups excluding carboxylic acids is 2. The van der Waals surface area contributed by atoms with Crippen LogP contribution in [0.3, 0.4) is 0 Å². The number of hydrogen-bond donors (Lipinski definition) is 1. The van der Waals surface area contributed by atoms with Gasteiger partial charge in [0.25, 0.3) is 0 Å². The van der Waals surface area contributed by atoms with Gasteiger partial charge in [-0.15, -0.1) is 11.3 Å². The van der Waals surface area contributed by atoms with Gasteiger partial charge in [-0.25, -0.2) is 13.4 Å². The van der Waals surface area contributed by atoms with Crippen molar-refractivity contribution >= 4 is 43.4 Å². The van der Waals surface area contributed by atoms with Crippen LogP contribution in [0, 0.1) is 12.3 Å². The third-order valence-electron chi connectivity index (χ3n) is 4.66. The van der Waals surface area contributed by atoms with Gasteiger partial charge in [0, 0.05) is 19.5 Å². The van der Waals surface area contributed by atoms with E-state index in [0.717, 1.165) is 15.2 Å². The van der Waals surface area contributed by atoms with Crippen molar-refractivity contribution in [1.82, 2.24) is 14.6 Å². The maximum Gasteiger partial charge on any atom is 0.243 e. The Hall–Kier alpha value is -1.84. The molecule has 3 heterocycles. The summed E-state index contributed by atoms with van der Waals surface area (Å²) in [5, 5.41) is 3.16. The molecule has 1 unspecified atom stereocenters. The molecule has 2 saturated heterocycles. The monoisotopic (exact) mass is 365 g/mol. The summed E-state index contributed by atoms with van der Waals surface area (Å²) in [5.41, 5.74) is -0.134. The zero-order valence-corrected chi connectivity index (χ0v) is 14.5. The van der Waals surface area contributed by atoms with Crippen LogP contribution in [-0.4, -0.2) is 42.6 Å². The SMILES string of the molecule is Cc1nc2ccc(S(=O)(=O)N3CCC4(CC(=O)NC4=O)C3)cc2s1. The molecule has 9 heteroatoms. The molecule has 0 radical (unpaired) electrons. The summed E-state index contributed by atoms with van der Waals surface area (Å²) >= 11 is 1.44. The molecule has 2 aliphatic rings. The lowest BCUT2D eigenvalue weighted by molar-refractivity contribution is -0.128. The first kappa shape index (κ1) is 15.7. The molecule has 1 aromatic carbocycles. The van der Waals surface area contributed by atoms with Crippen LogP contribution in [0.25, 0.3) is 10.2 Å². The number of aromatic nitrogens is 1. The molecule has 1 spiro atoms. The Bertz CT molecular complexity index is 982. The van der Waals surface area contributed by atoms with E-state index in [1.165, 1.54) is 15.6 Å². The predicted molar refractivity (Wildman–Crippen MR) is 87.9 cm³/mol. The minimum absolute atomic E-state index is 0.0483. The van der Waals surface area contributed by atoms with Crippen LogP contribution in [-0.2, 0) is 19.6 Å². The second-order valence-electron chi connectivity index (χ2n) is 6.29. The average molecular weight is 365 g/mol. The molecule has 1 N–H and O–H groups in total. The van der Waals surface area contributed by atoms with Crippen molar-refractivity contribution < 1.29 is 18.0 Å². The number of rotatable bonds is 2. The summed E-state index contributed by atoms with van der Waals surface area (Å²) in [6, 6.07) is 4.87. The van der Waals surface area contributed by atoms with Crippen LogP contribution < -0.4 is 5.32 Å². The molecule has 0 saturated carbocycles. The van der Waals surface area contributed by atoms with Crippen molar-refractivity contribution in [3.05, 3.63) is 23.2 Å². The third-order valence-corrected chi connectivity index (χ3v) is 7.43. The molecule has 1 aromatic heterocycles. The fraction of sp³-hybridized carbons (Fsp3) is 0.400. The Morgan fingerprint density at radius 2 is 2.12 bits per heavy atom. The molecule has 2 aliphatic heterocycles. The summed E-state index contributed by atoms with van der Waals surface area (Å²) in [5.74, 6) is -0.695. The van der Waals surface area contributed by atoms with E-state index >= 15 is 0 Å². The lowest BCUT2D eigenvalue weighted by atomic mass is 9.86. The standard InChI is InChI=1S/C15H15N3O4S2/c1-9-16-11-3-2-10(6-12(11)23-9)24(21,22)18-5-4-15(8-18)7-13(19)17-14(15)20/h2-3,6H,4-5,7-8H2,1H3,(H,17,19,20). The quantitative estimate of drug-likeness (QED) is 0.802. The van der Waals surface area contributed by atoms with Gasteiger partial charge in [-0.05, 0) is 31.5 Å². The van der Waals surface area contributed by atoms with Crippen LogP contribution >= 0.6 is 11.3 Å². The average Bonchev–Trinajstić information content (AvgIpc) is 3.16. The summed E-state index contributed by atoms with van der Waals surface area (Å²) in [6.45, 7) is 2.16. The minimum atomic E-state index is -3.70. The lowest BCUT2D eigenvalue weighted by Gasteiger charge is -2.20. The number of hydrogen-bond acceptors (Lipinski definition) is 6. The van der Waals surface area contributed by atoms with E-state index in [-0.39, 0.29) is 36.2 Å². The lowest BCUT2D eigenvalue weighted by Crippen LogP contribution is -2.36. The van der Waals surface area contributed by atoms with Crippen molar-refractivity contribution in [3.63, 3.8) is 0 Å². The van der Waals surface area contributed by atoms with Crippen LogP contribution in [0.1, 0.15) is 17.8 Å². The van der Waals surface area contributed by atoms with Gasteiger partial charge < -0.3 is 0 Å². The number of thiazole rings is 1. The van der Waals surface area contributed by atoms with E-state index in [0.29, 0.717) is 6.42 Å². The molecule has 2 aromatic rings. The molecule has 126 valence electrons. The number of fused-ring (bicyclic) bond motifs is 1. The van der Waals surface area contributed by atoms with E-state index in [1.807, 2.05) is 6.92 Å². The Morgan fingerprint density at radius 3 is 2.83 bits per heavy atom. The highest BCUT2D eigenvalue weighted by Gasteiger charge is 2.53. The van der Waals surface area contributed by atoms with E-state index in [4.69, 9.17) is 0 Å². The van der Waals surface area contributed by atoms with Crippen LogP contribution in [0.15, 0.2) is 23.1 Å². The van der Waals surface area contributed by atoms with E-state index in [1.54, 1.807) is 18.2 Å². The van der Waals surface area contributed by atoms with Gasteiger partial charge in [0.05, 0.1) is 25.5 Å². The molecule has 24 heavy (non-hydrogen) atoms. The Balaban J connectivity index is 1.67. The molecule has 2 amide bonds. The van der Waals surface area contributed by atoms with Gasteiger partial charge in [-0.3, -0.25) is 14.9 Å². The van der Waals surface area contributed by atoms with Gasteiger partial charge >= 0.3 is 0 Å². The van der Waals surface area contributed by atoms with Gasteiger partial charge in [-0.2, -0.15) is 4.31 Å². The maximum atomic E-state index is 12.9. The number of nitrogens with zero attached hydrogens (tertiary/aromatic N) is 2. The Kier molecular flexibility index (Phi) is 3.32. The molecule has 2 fully saturated rings. The topological polar surface area (TPSA) is 96.4 Å². The number of nitrogens with one attached hydrogen (secondary N) is 1. The third kappa shape index (κ3) is 2.27. The van der Waals surface area contributed by atoms with Gasteiger partial charge in [0.15, 0.2) is 0 Å². The molecule has 4 rings (SSSR count). The fourth-order valence-corrected chi connectivity index (χ4v) is 5.88. The van der Waals surface area contributed by atoms with Crippen LogP contribution in [0.5, 0.6) is 0 Å². The van der Waals surface area contributed by atoms with Crippen molar-refractivity contribution in [3.8, 4) is 0 Å². The molecule has 0 aliphatic carbocycles. The minimum Gasteiger partial charge on any atom is -0.296 e. The molecule has 7 nitrogen and oxygen atoms in total. The fourth-order valence-electron chi connectivity index (χ4n) is 3.39. The zero-order valence-electron chi connectivity index (χ0n) is 12.9. The predicted octanol–water partition coefficient (Wildman–Crippen LogP) is 1.03. The van der Waals surface area contributed by atoms with Crippen LogP contribution in [0.4, 0.5) is 0 Å². The largest absolute Gasteiger partial charge is 0.296 e. The summed E-state index contributed by atoms with van der Waals surface area (Å²) in [7, 11) is -3.70. The van der Waals surface area contributed by atoms with Crippen molar-refractivity contribution in [2.24, 2.45) is 5.41 Å². The Labute approximate surface area is 142 Å². The highest BCUT2D eigenvalue weighted by molar-refractivity contribution is 7.89. The van der Waals surface area contributed by atoms with Gasteiger partial charge in [-0.1, -0.05) is 0 Å². The number of sulfonamides is 1. The van der Waals surface area contributed by atoms with E-state index in [2.05, 4.69) is 10.3 Å². The second-order valence-corrected chi connectivity index (χ2v) is 9.46. The number of benzene rings is 1. The number of amides is 2. The number of carbonyl (C=O) groups is 2. The second kappa shape index (κ2) is 5.08. The van der Waals surface area contributed by atoms with E-state index < -0.39 is 15.4 Å². The van der Waals surface area contributed by atoms with Crippen LogP contribution in [0.2, 0.25) is 0 Å². The highest BCUT2D eigenvalue weighted by Crippen LogP contribution is 2.40. The Morgan fingerprint density at radius 1 is 1.33 bits per heavy atom.